The van der Waals surface area contributed by atoms with Crippen LogP contribution in [0.1, 0.15) is 43.3 Å². The van der Waals surface area contributed by atoms with Crippen LogP contribution in [0.5, 0.6) is 0 Å². The Balaban J connectivity index is 2.75. The molecule has 0 bridgehead atoms. The fourth-order valence-electron chi connectivity index (χ4n) is 2.41. The van der Waals surface area contributed by atoms with Gasteiger partial charge in [-0.25, -0.2) is 0 Å². The van der Waals surface area contributed by atoms with Crippen LogP contribution in [-0.4, -0.2) is 15.7 Å². The van der Waals surface area contributed by atoms with Gasteiger partial charge in [0.1, 0.15) is 17.3 Å². The maximum atomic E-state index is 12.6. The first-order valence-corrected chi connectivity index (χ1v) is 8.57. The first kappa shape index (κ1) is 19.7. The number of halogens is 1. The molecule has 0 spiro atoms. The summed E-state index contributed by atoms with van der Waals surface area (Å²) in [5.74, 6) is -0.220. The van der Waals surface area contributed by atoms with Gasteiger partial charge < -0.3 is 4.74 Å². The minimum Gasteiger partial charge on any atom is -0.422 e. The Labute approximate surface area is 158 Å². The fraction of sp³-hybridized carbons (Fsp3) is 0.350. The van der Waals surface area contributed by atoms with Gasteiger partial charge in [0.2, 0.25) is 0 Å². The molecular weight excluding hydrogens is 350 g/mol. The minimum atomic E-state index is -0.715. The molecule has 1 heterocycles. The van der Waals surface area contributed by atoms with Gasteiger partial charge in [0.15, 0.2) is 5.76 Å². The van der Waals surface area contributed by atoms with Crippen LogP contribution >= 0.6 is 11.6 Å². The lowest BCUT2D eigenvalue weighted by Gasteiger charge is -2.20. The monoisotopic (exact) mass is 371 g/mol. The van der Waals surface area contributed by atoms with E-state index < -0.39 is 11.4 Å². The lowest BCUT2D eigenvalue weighted by molar-refractivity contribution is -0.145. The Hall–Kier alpha value is -2.58. The summed E-state index contributed by atoms with van der Waals surface area (Å²) < 4.78 is 7.37. The van der Waals surface area contributed by atoms with Gasteiger partial charge in [-0.05, 0) is 52.3 Å². The molecule has 0 unspecified atom stereocenters. The van der Waals surface area contributed by atoms with Gasteiger partial charge in [0, 0.05) is 17.6 Å². The van der Waals surface area contributed by atoms with Crippen LogP contribution in [0.4, 0.5) is 0 Å². The van der Waals surface area contributed by atoms with E-state index in [1.807, 2.05) is 13.8 Å². The average Bonchev–Trinajstić information content (AvgIpc) is 2.80. The normalized spacial score (nSPS) is 12.4. The van der Waals surface area contributed by atoms with Crippen LogP contribution in [0, 0.1) is 30.6 Å². The maximum Gasteiger partial charge on any atom is 0.316 e. The van der Waals surface area contributed by atoms with Crippen molar-refractivity contribution in [2.24, 2.45) is 12.5 Å². The summed E-state index contributed by atoms with van der Waals surface area (Å²) in [6.07, 6.45) is 0. The van der Waals surface area contributed by atoms with E-state index in [2.05, 4.69) is 11.2 Å². The number of nitrogens with zero attached hydrogens (tertiary/aromatic N) is 3. The van der Waals surface area contributed by atoms with Crippen molar-refractivity contribution in [3.8, 4) is 6.07 Å². The second-order valence-corrected chi connectivity index (χ2v) is 7.58. The quantitative estimate of drug-likeness (QED) is 0.446. The largest absolute Gasteiger partial charge is 0.422 e. The molecule has 0 fully saturated rings. The first-order valence-electron chi connectivity index (χ1n) is 8.19. The van der Waals surface area contributed by atoms with E-state index >= 15 is 0 Å². The Bertz CT molecular complexity index is 910. The van der Waals surface area contributed by atoms with Crippen molar-refractivity contribution < 1.29 is 9.53 Å². The van der Waals surface area contributed by atoms with Crippen LogP contribution in [0.2, 0.25) is 5.02 Å². The molecule has 0 aliphatic heterocycles. The first-order chi connectivity index (χ1) is 12.1. The van der Waals surface area contributed by atoms with E-state index in [4.69, 9.17) is 16.3 Å². The lowest BCUT2D eigenvalue weighted by atomic mass is 9.97. The predicted octanol–water partition coefficient (Wildman–Crippen LogP) is 4.67. The predicted molar refractivity (Wildman–Crippen MR) is 102 cm³/mol. The molecule has 0 N–H and O–H groups in total. The van der Waals surface area contributed by atoms with Crippen molar-refractivity contribution in [2.45, 2.75) is 34.6 Å². The number of hydrogen-bond acceptors (Lipinski definition) is 4. The fourth-order valence-corrected chi connectivity index (χ4v) is 2.53. The molecule has 0 saturated heterocycles. The summed E-state index contributed by atoms with van der Waals surface area (Å²) >= 11 is 5.96. The number of rotatable bonds is 3. The molecule has 5 nitrogen and oxygen atoms in total. The lowest BCUT2D eigenvalue weighted by Crippen LogP contribution is -2.23. The van der Waals surface area contributed by atoms with Gasteiger partial charge in [-0.2, -0.15) is 10.4 Å². The molecule has 0 aliphatic rings. The van der Waals surface area contributed by atoms with Gasteiger partial charge in [-0.1, -0.05) is 23.7 Å². The zero-order valence-electron chi connectivity index (χ0n) is 15.8. The molecule has 0 amide bonds. The standard InChI is InChI=1S/C20H22ClN3O2/c1-12-13(2)23-24(6)17(12)18(26-19(25)20(3,4)5)16(11-22)14-7-9-15(21)10-8-14/h7-10H,1-6H3. The molecule has 0 radical (unpaired) electrons. The van der Waals surface area contributed by atoms with Crippen LogP contribution < -0.4 is 0 Å². The second kappa shape index (κ2) is 7.35. The van der Waals surface area contributed by atoms with Crippen molar-refractivity contribution in [3.05, 3.63) is 51.8 Å². The SMILES string of the molecule is Cc1nn(C)c(C(OC(=O)C(C)(C)C)=C(C#N)c2ccc(Cl)cc2)c1C. The summed E-state index contributed by atoms with van der Waals surface area (Å²) in [6, 6.07) is 9.01. The number of hydrogen-bond donors (Lipinski definition) is 0. The van der Waals surface area contributed by atoms with E-state index in [9.17, 15) is 10.1 Å². The van der Waals surface area contributed by atoms with Gasteiger partial charge >= 0.3 is 5.97 Å². The van der Waals surface area contributed by atoms with Crippen molar-refractivity contribution in [3.63, 3.8) is 0 Å². The summed E-state index contributed by atoms with van der Waals surface area (Å²) in [4.78, 5) is 12.6. The second-order valence-electron chi connectivity index (χ2n) is 7.14. The highest BCUT2D eigenvalue weighted by Crippen LogP contribution is 2.32. The highest BCUT2D eigenvalue weighted by molar-refractivity contribution is 6.30. The summed E-state index contributed by atoms with van der Waals surface area (Å²) in [7, 11) is 1.76. The van der Waals surface area contributed by atoms with Crippen molar-refractivity contribution >= 4 is 28.9 Å². The molecule has 0 atom stereocenters. The third-order valence-electron chi connectivity index (χ3n) is 4.02. The molecule has 0 saturated carbocycles. The zero-order valence-corrected chi connectivity index (χ0v) is 16.6. The van der Waals surface area contributed by atoms with Crippen LogP contribution in [0.3, 0.4) is 0 Å². The molecule has 0 aliphatic carbocycles. The number of carbonyl (C=O) groups excluding carboxylic acids is 1. The third kappa shape index (κ3) is 3.97. The van der Waals surface area contributed by atoms with Gasteiger partial charge in [-0.3, -0.25) is 9.48 Å². The number of carbonyl (C=O) groups is 1. The molecule has 2 aromatic rings. The van der Waals surface area contributed by atoms with E-state index in [1.54, 1.807) is 56.8 Å². The Morgan fingerprint density at radius 1 is 1.23 bits per heavy atom. The number of allylic oxidation sites excluding steroid dienone is 1. The molecule has 2 rings (SSSR count). The topological polar surface area (TPSA) is 67.9 Å². The van der Waals surface area contributed by atoms with E-state index in [-0.39, 0.29) is 11.3 Å². The summed E-state index contributed by atoms with van der Waals surface area (Å²) in [6.45, 7) is 9.06. The molecule has 1 aromatic heterocycles. The van der Waals surface area contributed by atoms with E-state index in [1.165, 1.54) is 0 Å². The van der Waals surface area contributed by atoms with Crippen molar-refractivity contribution in [1.82, 2.24) is 9.78 Å². The van der Waals surface area contributed by atoms with Crippen LogP contribution in [0.15, 0.2) is 24.3 Å². The van der Waals surface area contributed by atoms with E-state index in [0.29, 0.717) is 16.3 Å². The summed E-state index contributed by atoms with van der Waals surface area (Å²) in [5, 5.41) is 14.8. The number of aromatic nitrogens is 2. The summed E-state index contributed by atoms with van der Waals surface area (Å²) in [5.41, 5.74) is 2.42. The number of ether oxygens (including phenoxy) is 1. The smallest absolute Gasteiger partial charge is 0.316 e. The van der Waals surface area contributed by atoms with Crippen molar-refractivity contribution in [2.75, 3.05) is 0 Å². The third-order valence-corrected chi connectivity index (χ3v) is 4.27. The Morgan fingerprint density at radius 2 is 1.81 bits per heavy atom. The number of nitriles is 1. The molecule has 6 heteroatoms. The molecule has 136 valence electrons. The molecule has 26 heavy (non-hydrogen) atoms. The van der Waals surface area contributed by atoms with Gasteiger partial charge in [0.05, 0.1) is 11.1 Å². The average molecular weight is 372 g/mol. The highest BCUT2D eigenvalue weighted by Gasteiger charge is 2.29. The Morgan fingerprint density at radius 3 is 2.23 bits per heavy atom. The number of esters is 1. The molecular formula is C20H22ClN3O2. The van der Waals surface area contributed by atoms with Gasteiger partial charge in [-0.15, -0.1) is 0 Å². The van der Waals surface area contributed by atoms with E-state index in [0.717, 1.165) is 11.3 Å². The Kier molecular flexibility index (Phi) is 5.58. The van der Waals surface area contributed by atoms with Crippen LogP contribution in [0.25, 0.3) is 11.3 Å². The minimum absolute atomic E-state index is 0.204. The highest BCUT2D eigenvalue weighted by atomic mass is 35.5. The maximum absolute atomic E-state index is 12.6. The van der Waals surface area contributed by atoms with Crippen LogP contribution in [-0.2, 0) is 16.6 Å². The molecule has 1 aromatic carbocycles. The zero-order chi connectivity index (χ0) is 19.6. The van der Waals surface area contributed by atoms with Gasteiger partial charge in [0.25, 0.3) is 0 Å². The van der Waals surface area contributed by atoms with Crippen molar-refractivity contribution in [1.29, 1.82) is 5.26 Å². The number of aryl methyl sites for hydroxylation is 2. The number of benzene rings is 1.